The number of nitrogens with two attached hydrogens (primary N) is 1. The van der Waals surface area contributed by atoms with Gasteiger partial charge in [0.2, 0.25) is 0 Å². The van der Waals surface area contributed by atoms with E-state index < -0.39 is 0 Å². The van der Waals surface area contributed by atoms with E-state index in [-0.39, 0.29) is 0 Å². The molecule has 2 aliphatic carbocycles. The zero-order chi connectivity index (χ0) is 16.5. The van der Waals surface area contributed by atoms with Crippen molar-refractivity contribution in [3.8, 4) is 0 Å². The Labute approximate surface area is 154 Å². The molecule has 1 saturated heterocycles. The first kappa shape index (κ1) is 15.1. The molecule has 1 spiro atoms. The number of benzene rings is 1. The van der Waals surface area contributed by atoms with E-state index >= 15 is 0 Å². The van der Waals surface area contributed by atoms with Crippen LogP contribution in [0.2, 0.25) is 10.0 Å². The molecular formula is C17H16Cl2N4S. The van der Waals surface area contributed by atoms with Gasteiger partial charge in [0.05, 0.1) is 16.2 Å². The molecule has 3 unspecified atom stereocenters. The van der Waals surface area contributed by atoms with Crippen molar-refractivity contribution in [1.82, 2.24) is 9.97 Å². The number of fused-ring (bicyclic) bond motifs is 1. The fraction of sp³-hybridized carbons (Fsp3) is 0.412. The van der Waals surface area contributed by atoms with Gasteiger partial charge in [-0.3, -0.25) is 0 Å². The summed E-state index contributed by atoms with van der Waals surface area (Å²) in [5.74, 6) is 2.24. The molecule has 3 aliphatic rings. The second-order valence-corrected chi connectivity index (χ2v) is 8.65. The molecule has 0 amide bonds. The maximum absolute atomic E-state index is 6.24. The summed E-state index contributed by atoms with van der Waals surface area (Å²) < 4.78 is 0. The molecule has 2 heterocycles. The average molecular weight is 379 g/mol. The summed E-state index contributed by atoms with van der Waals surface area (Å²) in [5, 5.41) is 1.71. The average Bonchev–Trinajstić information content (AvgIpc) is 2.85. The SMILES string of the molecule is Nc1nc(N2CCC34CCC3C24)cnc1Sc1cccc(Cl)c1Cl. The van der Waals surface area contributed by atoms with Gasteiger partial charge in [-0.1, -0.05) is 41.0 Å². The molecular weight excluding hydrogens is 363 g/mol. The van der Waals surface area contributed by atoms with E-state index in [4.69, 9.17) is 28.9 Å². The van der Waals surface area contributed by atoms with Gasteiger partial charge in [0.15, 0.2) is 5.82 Å². The zero-order valence-electron chi connectivity index (χ0n) is 12.9. The molecule has 3 fully saturated rings. The number of piperidine rings is 1. The lowest BCUT2D eigenvalue weighted by atomic mass is 9.83. The number of nitrogens with zero attached hydrogens (tertiary/aromatic N) is 3. The first-order chi connectivity index (χ1) is 11.6. The molecule has 2 saturated carbocycles. The van der Waals surface area contributed by atoms with Gasteiger partial charge in [0, 0.05) is 17.5 Å². The van der Waals surface area contributed by atoms with E-state index in [1.807, 2.05) is 18.3 Å². The van der Waals surface area contributed by atoms with Crippen LogP contribution in [0.1, 0.15) is 19.3 Å². The van der Waals surface area contributed by atoms with Crippen molar-refractivity contribution < 1.29 is 0 Å². The van der Waals surface area contributed by atoms with Gasteiger partial charge in [-0.05, 0) is 42.7 Å². The summed E-state index contributed by atoms with van der Waals surface area (Å²) in [6, 6.07) is 6.20. The monoisotopic (exact) mass is 378 g/mol. The smallest absolute Gasteiger partial charge is 0.158 e. The van der Waals surface area contributed by atoms with E-state index in [1.165, 1.54) is 31.0 Å². The Bertz CT molecular complexity index is 845. The lowest BCUT2D eigenvalue weighted by Crippen LogP contribution is -2.26. The number of rotatable bonds is 3. The fourth-order valence-corrected chi connectivity index (χ4v) is 5.80. The molecule has 1 aromatic carbocycles. The fourth-order valence-electron chi connectivity index (χ4n) is 4.52. The van der Waals surface area contributed by atoms with Gasteiger partial charge >= 0.3 is 0 Å². The van der Waals surface area contributed by atoms with Crippen LogP contribution in [-0.2, 0) is 0 Å². The van der Waals surface area contributed by atoms with Crippen LogP contribution in [0.5, 0.6) is 0 Å². The second kappa shape index (κ2) is 5.16. The molecule has 2 N–H and O–H groups in total. The van der Waals surface area contributed by atoms with Gasteiger partial charge in [-0.2, -0.15) is 0 Å². The molecule has 4 nitrogen and oxygen atoms in total. The van der Waals surface area contributed by atoms with Gasteiger partial charge in [0.1, 0.15) is 10.8 Å². The molecule has 124 valence electrons. The largest absolute Gasteiger partial charge is 0.381 e. The highest BCUT2D eigenvalue weighted by molar-refractivity contribution is 7.99. The van der Waals surface area contributed by atoms with E-state index in [1.54, 1.807) is 6.07 Å². The van der Waals surface area contributed by atoms with Gasteiger partial charge < -0.3 is 10.6 Å². The number of hydrogen-bond acceptors (Lipinski definition) is 5. The lowest BCUT2D eigenvalue weighted by Gasteiger charge is -2.24. The third-order valence-corrected chi connectivity index (χ3v) is 7.84. The molecule has 1 aromatic heterocycles. The lowest BCUT2D eigenvalue weighted by molar-refractivity contribution is 0.287. The van der Waals surface area contributed by atoms with E-state index in [9.17, 15) is 0 Å². The maximum Gasteiger partial charge on any atom is 0.158 e. The Morgan fingerprint density at radius 2 is 2.17 bits per heavy atom. The summed E-state index contributed by atoms with van der Waals surface area (Å²) in [6.45, 7) is 1.07. The number of hydrogen-bond donors (Lipinski definition) is 1. The van der Waals surface area contributed by atoms with Crippen molar-refractivity contribution in [3.05, 3.63) is 34.4 Å². The van der Waals surface area contributed by atoms with E-state index in [2.05, 4.69) is 14.9 Å². The van der Waals surface area contributed by atoms with Gasteiger partial charge in [-0.15, -0.1) is 0 Å². The van der Waals surface area contributed by atoms with Gasteiger partial charge in [-0.25, -0.2) is 9.97 Å². The minimum atomic E-state index is 0.447. The highest BCUT2D eigenvalue weighted by Crippen LogP contribution is 2.74. The summed E-state index contributed by atoms with van der Waals surface area (Å²) >= 11 is 13.7. The van der Waals surface area contributed by atoms with Crippen LogP contribution >= 0.6 is 35.0 Å². The zero-order valence-corrected chi connectivity index (χ0v) is 15.2. The van der Waals surface area contributed by atoms with Crippen LogP contribution in [0.4, 0.5) is 11.6 Å². The van der Waals surface area contributed by atoms with Crippen LogP contribution in [0, 0.1) is 11.3 Å². The topological polar surface area (TPSA) is 55.0 Å². The van der Waals surface area contributed by atoms with Crippen molar-refractivity contribution in [3.63, 3.8) is 0 Å². The molecule has 7 heteroatoms. The van der Waals surface area contributed by atoms with E-state index in [0.717, 1.165) is 23.2 Å². The van der Waals surface area contributed by atoms with Crippen molar-refractivity contribution >= 4 is 46.6 Å². The third-order valence-electron chi connectivity index (χ3n) is 5.84. The van der Waals surface area contributed by atoms with Crippen LogP contribution in [0.25, 0.3) is 0 Å². The molecule has 0 bridgehead atoms. The molecule has 0 radical (unpaired) electrons. The molecule has 1 aliphatic heterocycles. The van der Waals surface area contributed by atoms with Crippen molar-refractivity contribution in [1.29, 1.82) is 0 Å². The quantitative estimate of drug-likeness (QED) is 0.851. The Morgan fingerprint density at radius 1 is 1.29 bits per heavy atom. The molecule has 24 heavy (non-hydrogen) atoms. The van der Waals surface area contributed by atoms with Crippen molar-refractivity contribution in [2.45, 2.75) is 35.2 Å². The molecule has 2 aromatic rings. The number of nitrogen functional groups attached to an aromatic ring is 1. The predicted octanol–water partition coefficient (Wildman–Crippen LogP) is 4.51. The molecule has 5 rings (SSSR count). The highest BCUT2D eigenvalue weighted by atomic mass is 35.5. The molecule has 3 atom stereocenters. The van der Waals surface area contributed by atoms with E-state index in [0.29, 0.717) is 32.3 Å². The van der Waals surface area contributed by atoms with Crippen molar-refractivity contribution in [2.75, 3.05) is 17.2 Å². The number of aromatic nitrogens is 2. The number of anilines is 2. The Morgan fingerprint density at radius 3 is 2.83 bits per heavy atom. The normalized spacial score (nSPS) is 29.8. The second-order valence-electron chi connectivity index (χ2n) is 6.84. The van der Waals surface area contributed by atoms with Gasteiger partial charge in [0.25, 0.3) is 0 Å². The predicted molar refractivity (Wildman–Crippen MR) is 97.9 cm³/mol. The summed E-state index contributed by atoms with van der Waals surface area (Å²) in [7, 11) is 0. The Hall–Kier alpha value is -1.17. The first-order valence-electron chi connectivity index (χ1n) is 8.11. The third kappa shape index (κ3) is 2.01. The van der Waals surface area contributed by atoms with Crippen molar-refractivity contribution in [2.24, 2.45) is 11.3 Å². The number of halogens is 2. The Kier molecular flexibility index (Phi) is 3.25. The standard InChI is InChI=1S/C17H16Cl2N4S/c18-10-2-1-3-11(13(10)19)24-16-15(20)22-12(8-21-16)23-7-6-17-5-4-9(17)14(17)23/h1-3,8-9,14H,4-7H2,(H2,20,22). The summed E-state index contributed by atoms with van der Waals surface area (Å²) in [6.07, 6.45) is 5.88. The minimum absolute atomic E-state index is 0.447. The maximum atomic E-state index is 6.24. The van der Waals surface area contributed by atoms with Crippen LogP contribution in [-0.4, -0.2) is 22.6 Å². The first-order valence-corrected chi connectivity index (χ1v) is 9.68. The van der Waals surface area contributed by atoms with Crippen LogP contribution < -0.4 is 10.6 Å². The van der Waals surface area contributed by atoms with Crippen LogP contribution in [0.15, 0.2) is 34.3 Å². The minimum Gasteiger partial charge on any atom is -0.381 e. The van der Waals surface area contributed by atoms with Crippen LogP contribution in [0.3, 0.4) is 0 Å². The summed E-state index contributed by atoms with van der Waals surface area (Å²) in [4.78, 5) is 12.4. The Balaban J connectivity index is 1.40. The summed E-state index contributed by atoms with van der Waals surface area (Å²) in [5.41, 5.74) is 6.78. The highest BCUT2D eigenvalue weighted by Gasteiger charge is 2.75.